The van der Waals surface area contributed by atoms with E-state index in [-0.39, 0.29) is 11.9 Å². The smallest absolute Gasteiger partial charge is 0.241 e. The first-order valence-corrected chi connectivity index (χ1v) is 5.21. The van der Waals surface area contributed by atoms with E-state index in [9.17, 15) is 4.79 Å². The van der Waals surface area contributed by atoms with Gasteiger partial charge in [-0.15, -0.1) is 0 Å². The summed E-state index contributed by atoms with van der Waals surface area (Å²) in [5.41, 5.74) is 0.611. The Bertz CT molecular complexity index is 323. The highest BCUT2D eigenvalue weighted by atomic mass is 16.5. The molecule has 1 aromatic rings. The van der Waals surface area contributed by atoms with Crippen LogP contribution in [0.15, 0.2) is 17.0 Å². The fourth-order valence-corrected chi connectivity index (χ4v) is 1.89. The molecular formula is C10H15N3O2. The third kappa shape index (κ3) is 2.36. The number of rotatable bonds is 2. The summed E-state index contributed by atoms with van der Waals surface area (Å²) in [6.07, 6.45) is 5.14. The molecule has 2 unspecified atom stereocenters. The number of aromatic nitrogens is 1. The van der Waals surface area contributed by atoms with Crippen LogP contribution in [0.5, 0.6) is 0 Å². The maximum atomic E-state index is 11.8. The molecule has 1 amide bonds. The van der Waals surface area contributed by atoms with Gasteiger partial charge in [0.15, 0.2) is 0 Å². The maximum Gasteiger partial charge on any atom is 0.241 e. The topological polar surface area (TPSA) is 67.2 Å². The molecule has 0 spiro atoms. The van der Waals surface area contributed by atoms with Crippen LogP contribution >= 0.6 is 0 Å². The van der Waals surface area contributed by atoms with E-state index in [0.717, 1.165) is 19.4 Å². The molecule has 1 saturated heterocycles. The number of anilines is 1. The fraction of sp³-hybridized carbons (Fsp3) is 0.600. The molecule has 0 saturated carbocycles. The first-order chi connectivity index (χ1) is 7.27. The number of carbonyl (C=O) groups excluding carboxylic acids is 1. The summed E-state index contributed by atoms with van der Waals surface area (Å²) < 4.78 is 4.64. The molecular weight excluding hydrogens is 194 g/mol. The molecule has 1 fully saturated rings. The van der Waals surface area contributed by atoms with Gasteiger partial charge in [0, 0.05) is 0 Å². The van der Waals surface area contributed by atoms with Crippen molar-refractivity contribution in [3.63, 3.8) is 0 Å². The monoisotopic (exact) mass is 209 g/mol. The van der Waals surface area contributed by atoms with Gasteiger partial charge in [0.05, 0.1) is 12.2 Å². The number of carbonyl (C=O) groups is 1. The van der Waals surface area contributed by atoms with E-state index in [1.54, 1.807) is 0 Å². The zero-order valence-electron chi connectivity index (χ0n) is 8.69. The molecule has 82 valence electrons. The molecule has 0 aliphatic carbocycles. The lowest BCUT2D eigenvalue weighted by Gasteiger charge is -2.28. The predicted molar refractivity (Wildman–Crippen MR) is 55.3 cm³/mol. The Balaban J connectivity index is 1.95. The van der Waals surface area contributed by atoms with Crippen LogP contribution in [0.25, 0.3) is 0 Å². The minimum absolute atomic E-state index is 0.00889. The lowest BCUT2D eigenvalue weighted by Crippen LogP contribution is -2.48. The summed E-state index contributed by atoms with van der Waals surface area (Å²) in [5, 5.41) is 9.51. The van der Waals surface area contributed by atoms with Crippen LogP contribution in [0, 0.1) is 5.92 Å². The summed E-state index contributed by atoms with van der Waals surface area (Å²) in [5.74, 6) is 0.365. The van der Waals surface area contributed by atoms with Gasteiger partial charge < -0.3 is 15.2 Å². The largest absolute Gasteiger partial charge is 0.363 e. The molecule has 2 N–H and O–H groups in total. The molecule has 0 aromatic carbocycles. The number of hydrogen-bond donors (Lipinski definition) is 2. The van der Waals surface area contributed by atoms with Gasteiger partial charge >= 0.3 is 0 Å². The van der Waals surface area contributed by atoms with Crippen molar-refractivity contribution in [3.05, 3.63) is 12.5 Å². The Morgan fingerprint density at radius 1 is 1.73 bits per heavy atom. The lowest BCUT2D eigenvalue weighted by atomic mass is 9.92. The molecule has 0 bridgehead atoms. The summed E-state index contributed by atoms with van der Waals surface area (Å²) in [6.45, 7) is 3.00. The van der Waals surface area contributed by atoms with Gasteiger partial charge in [-0.05, 0) is 25.3 Å². The molecule has 2 heterocycles. The molecule has 5 nitrogen and oxygen atoms in total. The first-order valence-electron chi connectivity index (χ1n) is 5.21. The standard InChI is InChI=1S/C10H15N3O2/c1-7-3-2-4-11-9(7)10(14)13-8-5-12-15-6-8/h5-7,9,11H,2-4H2,1H3,(H,13,14). The molecule has 2 atom stereocenters. The van der Waals surface area contributed by atoms with Crippen molar-refractivity contribution < 1.29 is 9.32 Å². The van der Waals surface area contributed by atoms with Crippen molar-refractivity contribution in [2.24, 2.45) is 5.92 Å². The normalized spacial score (nSPS) is 26.2. The van der Waals surface area contributed by atoms with Crippen LogP contribution < -0.4 is 10.6 Å². The minimum Gasteiger partial charge on any atom is -0.363 e. The van der Waals surface area contributed by atoms with Crippen molar-refractivity contribution in [2.45, 2.75) is 25.8 Å². The van der Waals surface area contributed by atoms with Crippen LogP contribution in [0.1, 0.15) is 19.8 Å². The van der Waals surface area contributed by atoms with E-state index >= 15 is 0 Å². The van der Waals surface area contributed by atoms with Gasteiger partial charge in [-0.25, -0.2) is 0 Å². The van der Waals surface area contributed by atoms with Crippen LogP contribution in [0.2, 0.25) is 0 Å². The van der Waals surface area contributed by atoms with Gasteiger partial charge in [-0.1, -0.05) is 12.1 Å². The van der Waals surface area contributed by atoms with E-state index in [2.05, 4.69) is 27.2 Å². The molecule has 5 heteroatoms. The Hall–Kier alpha value is -1.36. The van der Waals surface area contributed by atoms with E-state index in [4.69, 9.17) is 0 Å². The minimum atomic E-state index is -0.103. The maximum absolute atomic E-state index is 11.8. The Kier molecular flexibility index (Phi) is 3.01. The zero-order chi connectivity index (χ0) is 10.7. The number of nitrogens with zero attached hydrogens (tertiary/aromatic N) is 1. The number of piperidine rings is 1. The van der Waals surface area contributed by atoms with Crippen molar-refractivity contribution in [1.29, 1.82) is 0 Å². The summed E-state index contributed by atoms with van der Waals surface area (Å²) in [4.78, 5) is 11.8. The number of hydrogen-bond acceptors (Lipinski definition) is 4. The first kappa shape index (κ1) is 10.2. The van der Waals surface area contributed by atoms with Crippen LogP contribution in [0.3, 0.4) is 0 Å². The van der Waals surface area contributed by atoms with Crippen molar-refractivity contribution in [2.75, 3.05) is 11.9 Å². The third-order valence-electron chi connectivity index (χ3n) is 2.75. The predicted octanol–water partition coefficient (Wildman–Crippen LogP) is 1.00. The van der Waals surface area contributed by atoms with Gasteiger partial charge in [0.1, 0.15) is 12.0 Å². The SMILES string of the molecule is CC1CCCNC1C(=O)Nc1cnoc1. The Labute approximate surface area is 88.2 Å². The van der Waals surface area contributed by atoms with Crippen molar-refractivity contribution in [3.8, 4) is 0 Å². The van der Waals surface area contributed by atoms with Crippen molar-refractivity contribution in [1.82, 2.24) is 10.5 Å². The fourth-order valence-electron chi connectivity index (χ4n) is 1.89. The van der Waals surface area contributed by atoms with Crippen LogP contribution in [-0.4, -0.2) is 23.7 Å². The second-order valence-electron chi connectivity index (χ2n) is 3.95. The lowest BCUT2D eigenvalue weighted by molar-refractivity contribution is -0.119. The van der Waals surface area contributed by atoms with Crippen LogP contribution in [0.4, 0.5) is 5.69 Å². The van der Waals surface area contributed by atoms with E-state index in [1.807, 2.05) is 0 Å². The highest BCUT2D eigenvalue weighted by Crippen LogP contribution is 2.17. The quantitative estimate of drug-likeness (QED) is 0.762. The molecule has 1 aliphatic heterocycles. The molecule has 1 aromatic heterocycles. The Morgan fingerprint density at radius 2 is 2.60 bits per heavy atom. The van der Waals surface area contributed by atoms with Gasteiger partial charge in [0.2, 0.25) is 5.91 Å². The van der Waals surface area contributed by atoms with Gasteiger partial charge in [-0.2, -0.15) is 0 Å². The highest BCUT2D eigenvalue weighted by Gasteiger charge is 2.27. The van der Waals surface area contributed by atoms with E-state index in [1.165, 1.54) is 12.5 Å². The highest BCUT2D eigenvalue weighted by molar-refractivity contribution is 5.94. The second-order valence-corrected chi connectivity index (χ2v) is 3.95. The molecule has 2 rings (SSSR count). The molecule has 15 heavy (non-hydrogen) atoms. The summed E-state index contributed by atoms with van der Waals surface area (Å²) in [7, 11) is 0. The average Bonchev–Trinajstić information content (AvgIpc) is 2.71. The van der Waals surface area contributed by atoms with Crippen LogP contribution in [-0.2, 0) is 4.79 Å². The average molecular weight is 209 g/mol. The van der Waals surface area contributed by atoms with E-state index < -0.39 is 0 Å². The number of amides is 1. The van der Waals surface area contributed by atoms with E-state index in [0.29, 0.717) is 11.6 Å². The zero-order valence-corrected chi connectivity index (χ0v) is 8.69. The van der Waals surface area contributed by atoms with Gasteiger partial charge in [-0.3, -0.25) is 4.79 Å². The summed E-state index contributed by atoms with van der Waals surface area (Å²) in [6, 6.07) is -0.103. The number of nitrogens with one attached hydrogen (secondary N) is 2. The molecule has 0 radical (unpaired) electrons. The Morgan fingerprint density at radius 3 is 3.27 bits per heavy atom. The van der Waals surface area contributed by atoms with Crippen molar-refractivity contribution >= 4 is 11.6 Å². The van der Waals surface area contributed by atoms with Gasteiger partial charge in [0.25, 0.3) is 0 Å². The third-order valence-corrected chi connectivity index (χ3v) is 2.75. The molecule has 1 aliphatic rings. The summed E-state index contributed by atoms with van der Waals surface area (Å²) >= 11 is 0. The second kappa shape index (κ2) is 4.44.